The smallest absolute Gasteiger partial charge is 0.234 e. The minimum atomic E-state index is 0.0792. The van der Waals surface area contributed by atoms with Crippen molar-refractivity contribution in [2.24, 2.45) is 0 Å². The van der Waals surface area contributed by atoms with E-state index >= 15 is 0 Å². The van der Waals surface area contributed by atoms with Gasteiger partial charge in [0, 0.05) is 26.3 Å². The van der Waals surface area contributed by atoms with Gasteiger partial charge in [-0.25, -0.2) is 0 Å². The van der Waals surface area contributed by atoms with Crippen LogP contribution in [-0.4, -0.2) is 57.4 Å². The van der Waals surface area contributed by atoms with Gasteiger partial charge >= 0.3 is 0 Å². The normalized spacial score (nSPS) is 20.1. The predicted molar refractivity (Wildman–Crippen MR) is 90.5 cm³/mol. The van der Waals surface area contributed by atoms with E-state index in [0.717, 1.165) is 37.3 Å². The summed E-state index contributed by atoms with van der Waals surface area (Å²) in [6, 6.07) is 6.40. The van der Waals surface area contributed by atoms with Crippen LogP contribution in [0.4, 0.5) is 0 Å². The van der Waals surface area contributed by atoms with Crippen LogP contribution in [0, 0.1) is 0 Å². The summed E-state index contributed by atoms with van der Waals surface area (Å²) < 4.78 is 16.3. The van der Waals surface area contributed by atoms with Gasteiger partial charge in [-0.05, 0) is 43.5 Å². The number of ether oxygens (including phenoxy) is 3. The highest BCUT2D eigenvalue weighted by molar-refractivity contribution is 5.78. The lowest BCUT2D eigenvalue weighted by Gasteiger charge is -2.26. The van der Waals surface area contributed by atoms with Gasteiger partial charge < -0.3 is 19.5 Å². The number of hydrogen-bond donors (Lipinski definition) is 1. The molecule has 1 N–H and O–H groups in total. The molecule has 1 aromatic rings. The molecular formula is C18H26N2O4. The first-order valence-electron chi connectivity index (χ1n) is 8.67. The predicted octanol–water partition coefficient (Wildman–Crippen LogP) is 1.75. The fourth-order valence-electron chi connectivity index (χ4n) is 3.34. The molecule has 2 heterocycles. The van der Waals surface area contributed by atoms with Crippen molar-refractivity contribution in [3.8, 4) is 11.5 Å². The van der Waals surface area contributed by atoms with Crippen molar-refractivity contribution in [1.82, 2.24) is 10.2 Å². The maximum atomic E-state index is 12.1. The molecular weight excluding hydrogens is 308 g/mol. The van der Waals surface area contributed by atoms with Gasteiger partial charge in [-0.2, -0.15) is 0 Å². The Morgan fingerprint density at radius 2 is 2.17 bits per heavy atom. The van der Waals surface area contributed by atoms with Crippen LogP contribution in [0.1, 0.15) is 30.9 Å². The second-order valence-electron chi connectivity index (χ2n) is 6.23. The highest BCUT2D eigenvalue weighted by atomic mass is 16.6. The van der Waals surface area contributed by atoms with Crippen molar-refractivity contribution >= 4 is 5.91 Å². The summed E-state index contributed by atoms with van der Waals surface area (Å²) in [6.07, 6.45) is 3.01. The van der Waals surface area contributed by atoms with Gasteiger partial charge in [0.1, 0.15) is 13.2 Å². The standard InChI is InChI=1S/C18H26N2O4/c1-22-9-3-7-19-18(21)13-20-8-2-4-15(20)14-5-6-16-17(12-14)24-11-10-23-16/h5-6,12,15H,2-4,7-11,13H2,1H3,(H,19,21). The van der Waals surface area contributed by atoms with Crippen LogP contribution in [0.15, 0.2) is 18.2 Å². The van der Waals surface area contributed by atoms with Crippen LogP contribution < -0.4 is 14.8 Å². The molecule has 0 aromatic heterocycles. The second kappa shape index (κ2) is 8.35. The van der Waals surface area contributed by atoms with E-state index in [4.69, 9.17) is 14.2 Å². The van der Waals surface area contributed by atoms with E-state index in [2.05, 4.69) is 22.3 Å². The van der Waals surface area contributed by atoms with E-state index in [1.807, 2.05) is 6.07 Å². The summed E-state index contributed by atoms with van der Waals surface area (Å²) in [7, 11) is 1.67. The molecule has 2 aliphatic rings. The van der Waals surface area contributed by atoms with E-state index in [0.29, 0.717) is 32.9 Å². The lowest BCUT2D eigenvalue weighted by Crippen LogP contribution is -2.37. The second-order valence-corrected chi connectivity index (χ2v) is 6.23. The molecule has 1 aromatic carbocycles. The van der Waals surface area contributed by atoms with Crippen molar-refractivity contribution in [2.45, 2.75) is 25.3 Å². The minimum absolute atomic E-state index is 0.0792. The lowest BCUT2D eigenvalue weighted by molar-refractivity contribution is -0.122. The molecule has 1 saturated heterocycles. The zero-order valence-corrected chi connectivity index (χ0v) is 14.3. The van der Waals surface area contributed by atoms with Gasteiger partial charge in [-0.15, -0.1) is 0 Å². The molecule has 6 nitrogen and oxygen atoms in total. The maximum absolute atomic E-state index is 12.1. The molecule has 3 rings (SSSR count). The van der Waals surface area contributed by atoms with Crippen molar-refractivity contribution in [2.75, 3.05) is 46.6 Å². The number of carbonyl (C=O) groups is 1. The van der Waals surface area contributed by atoms with E-state index in [-0.39, 0.29) is 11.9 Å². The molecule has 1 unspecified atom stereocenters. The van der Waals surface area contributed by atoms with Crippen molar-refractivity contribution < 1.29 is 19.0 Å². The zero-order chi connectivity index (χ0) is 16.8. The molecule has 0 radical (unpaired) electrons. The van der Waals surface area contributed by atoms with Crippen molar-refractivity contribution in [3.63, 3.8) is 0 Å². The van der Waals surface area contributed by atoms with Gasteiger partial charge in [0.15, 0.2) is 11.5 Å². The number of rotatable bonds is 7. The van der Waals surface area contributed by atoms with Crippen LogP contribution in [0.25, 0.3) is 0 Å². The number of carbonyl (C=O) groups excluding carboxylic acids is 1. The number of benzene rings is 1. The summed E-state index contributed by atoms with van der Waals surface area (Å²) in [4.78, 5) is 14.4. The minimum Gasteiger partial charge on any atom is -0.486 e. The molecule has 0 spiro atoms. The van der Waals surface area contributed by atoms with Gasteiger partial charge in [0.25, 0.3) is 0 Å². The summed E-state index contributed by atoms with van der Waals surface area (Å²) >= 11 is 0. The Labute approximate surface area is 143 Å². The average molecular weight is 334 g/mol. The number of hydrogen-bond acceptors (Lipinski definition) is 5. The topological polar surface area (TPSA) is 60.0 Å². The molecule has 1 atom stereocenters. The third-order valence-electron chi connectivity index (χ3n) is 4.51. The van der Waals surface area contributed by atoms with Gasteiger partial charge in [0.05, 0.1) is 6.54 Å². The summed E-state index contributed by atoms with van der Waals surface area (Å²) in [5, 5.41) is 2.96. The number of amides is 1. The van der Waals surface area contributed by atoms with Crippen LogP contribution in [0.3, 0.4) is 0 Å². The molecule has 0 aliphatic carbocycles. The van der Waals surface area contributed by atoms with E-state index in [9.17, 15) is 4.79 Å². The number of likely N-dealkylation sites (tertiary alicyclic amines) is 1. The Morgan fingerprint density at radius 3 is 3.00 bits per heavy atom. The first-order valence-corrected chi connectivity index (χ1v) is 8.67. The number of methoxy groups -OCH3 is 1. The number of nitrogens with one attached hydrogen (secondary N) is 1. The van der Waals surface area contributed by atoms with E-state index in [1.165, 1.54) is 5.56 Å². The average Bonchev–Trinajstić information content (AvgIpc) is 3.06. The van der Waals surface area contributed by atoms with Gasteiger partial charge in [0.2, 0.25) is 5.91 Å². The van der Waals surface area contributed by atoms with Crippen molar-refractivity contribution in [3.05, 3.63) is 23.8 Å². The summed E-state index contributed by atoms with van der Waals surface area (Å²) in [5.41, 5.74) is 1.20. The number of fused-ring (bicyclic) bond motifs is 1. The molecule has 0 bridgehead atoms. The summed E-state index contributed by atoms with van der Waals surface area (Å²) in [6.45, 7) is 3.91. The zero-order valence-electron chi connectivity index (χ0n) is 14.3. The first kappa shape index (κ1) is 17.0. The summed E-state index contributed by atoms with van der Waals surface area (Å²) in [5.74, 6) is 1.70. The highest BCUT2D eigenvalue weighted by Gasteiger charge is 2.28. The molecule has 6 heteroatoms. The SMILES string of the molecule is COCCCNC(=O)CN1CCCC1c1ccc2c(c1)OCCO2. The molecule has 0 saturated carbocycles. The molecule has 2 aliphatic heterocycles. The Kier molecular flexibility index (Phi) is 5.93. The van der Waals surface area contributed by atoms with E-state index < -0.39 is 0 Å². The number of nitrogens with zero attached hydrogens (tertiary/aromatic N) is 1. The quantitative estimate of drug-likeness (QED) is 0.770. The molecule has 132 valence electrons. The van der Waals surface area contributed by atoms with Gasteiger partial charge in [-0.1, -0.05) is 6.07 Å². The Morgan fingerprint density at radius 1 is 1.33 bits per heavy atom. The Balaban J connectivity index is 1.58. The van der Waals surface area contributed by atoms with Crippen LogP contribution in [0.5, 0.6) is 11.5 Å². The van der Waals surface area contributed by atoms with Crippen LogP contribution in [-0.2, 0) is 9.53 Å². The molecule has 1 fully saturated rings. The Hall–Kier alpha value is -1.79. The third kappa shape index (κ3) is 4.19. The maximum Gasteiger partial charge on any atom is 0.234 e. The fraction of sp³-hybridized carbons (Fsp3) is 0.611. The van der Waals surface area contributed by atoms with E-state index in [1.54, 1.807) is 7.11 Å². The Bertz CT molecular complexity index is 564. The lowest BCUT2D eigenvalue weighted by atomic mass is 10.0. The van der Waals surface area contributed by atoms with Crippen LogP contribution in [0.2, 0.25) is 0 Å². The first-order chi connectivity index (χ1) is 11.8. The fourth-order valence-corrected chi connectivity index (χ4v) is 3.34. The van der Waals surface area contributed by atoms with Crippen molar-refractivity contribution in [1.29, 1.82) is 0 Å². The highest BCUT2D eigenvalue weighted by Crippen LogP contribution is 2.37. The largest absolute Gasteiger partial charge is 0.486 e. The molecule has 24 heavy (non-hydrogen) atoms. The third-order valence-corrected chi connectivity index (χ3v) is 4.51. The molecule has 1 amide bonds. The van der Waals surface area contributed by atoms with Gasteiger partial charge in [-0.3, -0.25) is 9.69 Å². The van der Waals surface area contributed by atoms with Crippen LogP contribution >= 0.6 is 0 Å². The monoisotopic (exact) mass is 334 g/mol.